The standard InChI is InChI=1S/C22H46NO3P/c1-6-8-9-10-11-12-13-14-15-16-17-18-19-20-21-26-27(24,25)22(7-2)23(3,4)5/h8-9,22H,6-7,10-21H2,1-5H3/p+1/b9-8-. The zero-order valence-corrected chi connectivity index (χ0v) is 19.7. The van der Waals surface area contributed by atoms with E-state index in [1.165, 1.54) is 57.8 Å². The lowest BCUT2D eigenvalue weighted by molar-refractivity contribution is -0.883. The van der Waals surface area contributed by atoms with E-state index in [1.54, 1.807) is 0 Å². The summed E-state index contributed by atoms with van der Waals surface area (Å²) in [5.41, 5.74) is 0. The smallest absolute Gasteiger partial charge is 0.320 e. The number of rotatable bonds is 18. The minimum atomic E-state index is -3.54. The molecule has 0 aromatic carbocycles. The highest BCUT2D eigenvalue weighted by atomic mass is 31.2. The molecule has 0 saturated carbocycles. The average Bonchev–Trinajstić information content (AvgIpc) is 2.57. The lowest BCUT2D eigenvalue weighted by Gasteiger charge is -2.35. The van der Waals surface area contributed by atoms with E-state index in [9.17, 15) is 9.46 Å². The second-order valence-electron chi connectivity index (χ2n) is 8.61. The quantitative estimate of drug-likeness (QED) is 0.117. The minimum absolute atomic E-state index is 0.347. The molecular weight excluding hydrogens is 357 g/mol. The highest BCUT2D eigenvalue weighted by molar-refractivity contribution is 7.53. The van der Waals surface area contributed by atoms with Crippen molar-refractivity contribution in [3.63, 3.8) is 0 Å². The molecule has 27 heavy (non-hydrogen) atoms. The molecule has 162 valence electrons. The SMILES string of the molecule is CC/C=C\CCCCCCCCCCCCOP(=O)(O)C(CC)[N+](C)(C)C. The van der Waals surface area contributed by atoms with Crippen molar-refractivity contribution >= 4 is 7.60 Å². The van der Waals surface area contributed by atoms with Crippen molar-refractivity contribution in [2.45, 2.75) is 103 Å². The van der Waals surface area contributed by atoms with E-state index < -0.39 is 7.60 Å². The van der Waals surface area contributed by atoms with Gasteiger partial charge in [0.05, 0.1) is 27.7 Å². The molecule has 5 heteroatoms. The molecular formula is C22H47NO3P+. The second kappa shape index (κ2) is 15.7. The predicted molar refractivity (Wildman–Crippen MR) is 118 cm³/mol. The zero-order chi connectivity index (χ0) is 20.6. The summed E-state index contributed by atoms with van der Waals surface area (Å²) in [5.74, 6) is -0.347. The van der Waals surface area contributed by atoms with E-state index in [1.807, 2.05) is 28.1 Å². The zero-order valence-electron chi connectivity index (χ0n) is 18.8. The molecule has 0 radical (unpaired) electrons. The summed E-state index contributed by atoms with van der Waals surface area (Å²) in [7, 11) is 2.30. The first-order valence-corrected chi connectivity index (χ1v) is 12.8. The molecule has 0 aromatic heterocycles. The maximum atomic E-state index is 12.4. The third kappa shape index (κ3) is 14.5. The van der Waals surface area contributed by atoms with Gasteiger partial charge in [-0.2, -0.15) is 0 Å². The Balaban J connectivity index is 3.54. The third-order valence-corrected chi connectivity index (χ3v) is 7.44. The molecule has 0 aromatic rings. The van der Waals surface area contributed by atoms with Crippen LogP contribution in [0.2, 0.25) is 0 Å². The number of allylic oxidation sites excluding steroid dienone is 2. The highest BCUT2D eigenvalue weighted by Gasteiger charge is 2.41. The van der Waals surface area contributed by atoms with E-state index in [0.717, 1.165) is 19.3 Å². The Morgan fingerprint density at radius 1 is 0.852 bits per heavy atom. The van der Waals surface area contributed by atoms with Crippen molar-refractivity contribution < 1.29 is 18.5 Å². The van der Waals surface area contributed by atoms with Crippen molar-refractivity contribution in [1.29, 1.82) is 0 Å². The number of hydrogen-bond acceptors (Lipinski definition) is 2. The van der Waals surface area contributed by atoms with Gasteiger partial charge in [-0.1, -0.05) is 77.4 Å². The lowest BCUT2D eigenvalue weighted by atomic mass is 10.1. The third-order valence-electron chi connectivity index (χ3n) is 5.08. The van der Waals surface area contributed by atoms with Crippen molar-refractivity contribution in [2.75, 3.05) is 27.7 Å². The molecule has 0 bridgehead atoms. The van der Waals surface area contributed by atoms with Crippen LogP contribution in [-0.2, 0) is 9.09 Å². The van der Waals surface area contributed by atoms with Gasteiger partial charge in [-0.05, 0) is 25.7 Å². The van der Waals surface area contributed by atoms with Crippen molar-refractivity contribution in [3.05, 3.63) is 12.2 Å². The molecule has 0 aliphatic carbocycles. The lowest BCUT2D eigenvalue weighted by Crippen LogP contribution is -2.44. The Morgan fingerprint density at radius 3 is 1.78 bits per heavy atom. The summed E-state index contributed by atoms with van der Waals surface area (Å²) < 4.78 is 18.3. The molecule has 0 heterocycles. The molecule has 4 nitrogen and oxygen atoms in total. The summed E-state index contributed by atoms with van der Waals surface area (Å²) >= 11 is 0. The first-order chi connectivity index (χ1) is 12.8. The van der Waals surface area contributed by atoms with Crippen LogP contribution < -0.4 is 0 Å². The maximum Gasteiger partial charge on any atom is 0.385 e. The van der Waals surface area contributed by atoms with Crippen LogP contribution in [0, 0.1) is 0 Å². The molecule has 0 amide bonds. The van der Waals surface area contributed by atoms with Gasteiger partial charge in [-0.15, -0.1) is 0 Å². The molecule has 0 aliphatic rings. The van der Waals surface area contributed by atoms with Gasteiger partial charge >= 0.3 is 7.60 Å². The molecule has 0 fully saturated rings. The molecule has 0 rings (SSSR count). The van der Waals surface area contributed by atoms with Crippen molar-refractivity contribution in [3.8, 4) is 0 Å². The average molecular weight is 405 g/mol. The van der Waals surface area contributed by atoms with Crippen LogP contribution in [0.3, 0.4) is 0 Å². The maximum absolute atomic E-state index is 12.4. The van der Waals surface area contributed by atoms with E-state index >= 15 is 0 Å². The van der Waals surface area contributed by atoms with Gasteiger partial charge in [0.1, 0.15) is 0 Å². The van der Waals surface area contributed by atoms with E-state index in [0.29, 0.717) is 17.5 Å². The largest absolute Gasteiger partial charge is 0.385 e. The van der Waals surface area contributed by atoms with Crippen LogP contribution in [0.5, 0.6) is 0 Å². The fourth-order valence-corrected chi connectivity index (χ4v) is 5.46. The van der Waals surface area contributed by atoms with E-state index in [2.05, 4.69) is 19.1 Å². The Hall–Kier alpha value is -0.150. The second-order valence-corrected chi connectivity index (χ2v) is 10.6. The van der Waals surface area contributed by atoms with Gasteiger partial charge in [0.15, 0.2) is 5.78 Å². The Bertz CT molecular complexity index is 418. The topological polar surface area (TPSA) is 46.5 Å². The Morgan fingerprint density at radius 2 is 1.33 bits per heavy atom. The van der Waals surface area contributed by atoms with Gasteiger partial charge in [0.25, 0.3) is 0 Å². The first-order valence-electron chi connectivity index (χ1n) is 11.2. The highest BCUT2D eigenvalue weighted by Crippen LogP contribution is 2.51. The summed E-state index contributed by atoms with van der Waals surface area (Å²) in [6.45, 7) is 4.53. The van der Waals surface area contributed by atoms with E-state index in [-0.39, 0.29) is 5.78 Å². The summed E-state index contributed by atoms with van der Waals surface area (Å²) in [5, 5.41) is 0. The van der Waals surface area contributed by atoms with Crippen LogP contribution in [-0.4, -0.2) is 42.9 Å². The predicted octanol–water partition coefficient (Wildman–Crippen LogP) is 6.89. The fourth-order valence-electron chi connectivity index (χ4n) is 3.56. The number of quaternary nitrogens is 1. The van der Waals surface area contributed by atoms with Crippen LogP contribution in [0.25, 0.3) is 0 Å². The number of hydrogen-bond donors (Lipinski definition) is 1. The van der Waals surface area contributed by atoms with Crippen LogP contribution in [0.15, 0.2) is 12.2 Å². The normalized spacial score (nSPS) is 15.9. The van der Waals surface area contributed by atoms with Crippen molar-refractivity contribution in [1.82, 2.24) is 0 Å². The Labute approximate surface area is 169 Å². The molecule has 1 N–H and O–H groups in total. The van der Waals surface area contributed by atoms with Crippen LogP contribution >= 0.6 is 7.60 Å². The van der Waals surface area contributed by atoms with Crippen LogP contribution in [0.4, 0.5) is 0 Å². The molecule has 0 saturated heterocycles. The monoisotopic (exact) mass is 404 g/mol. The molecule has 2 unspecified atom stereocenters. The number of nitrogens with zero attached hydrogens (tertiary/aromatic N) is 1. The molecule has 0 spiro atoms. The van der Waals surface area contributed by atoms with Gasteiger partial charge < -0.3 is 13.9 Å². The van der Waals surface area contributed by atoms with E-state index in [4.69, 9.17) is 4.52 Å². The van der Waals surface area contributed by atoms with Gasteiger partial charge in [-0.3, -0.25) is 4.57 Å². The summed E-state index contributed by atoms with van der Waals surface area (Å²) in [6.07, 6.45) is 20.1. The first kappa shape index (κ1) is 26.9. The fraction of sp³-hybridized carbons (Fsp3) is 0.909. The van der Waals surface area contributed by atoms with Gasteiger partial charge in [0, 0.05) is 6.42 Å². The summed E-state index contributed by atoms with van der Waals surface area (Å²) in [4.78, 5) is 10.2. The molecule has 2 atom stereocenters. The Kier molecular flexibility index (Phi) is 15.6. The van der Waals surface area contributed by atoms with Gasteiger partial charge in [0.2, 0.25) is 0 Å². The van der Waals surface area contributed by atoms with Crippen molar-refractivity contribution in [2.24, 2.45) is 0 Å². The minimum Gasteiger partial charge on any atom is -0.320 e. The summed E-state index contributed by atoms with van der Waals surface area (Å²) in [6, 6.07) is 0. The van der Waals surface area contributed by atoms with Gasteiger partial charge in [-0.25, -0.2) is 0 Å². The molecule has 0 aliphatic heterocycles. The van der Waals surface area contributed by atoms with Crippen LogP contribution in [0.1, 0.15) is 97.3 Å². The number of unbranched alkanes of at least 4 members (excludes halogenated alkanes) is 10.